The molecule has 0 bridgehead atoms. The van der Waals surface area contributed by atoms with E-state index in [4.69, 9.17) is 11.6 Å². The van der Waals surface area contributed by atoms with E-state index in [9.17, 15) is 4.39 Å². The fraction of sp³-hybridized carbons (Fsp3) is 0.158. The maximum atomic E-state index is 12.9. The van der Waals surface area contributed by atoms with E-state index in [0.29, 0.717) is 17.5 Å². The predicted octanol–water partition coefficient (Wildman–Crippen LogP) is 4.98. The van der Waals surface area contributed by atoms with Crippen LogP contribution in [0.25, 0.3) is 0 Å². The van der Waals surface area contributed by atoms with Crippen LogP contribution in [0.4, 0.5) is 21.8 Å². The van der Waals surface area contributed by atoms with E-state index in [1.54, 1.807) is 24.4 Å². The lowest BCUT2D eigenvalue weighted by Gasteiger charge is -2.10. The molecular weight excluding hydrogens is 339 g/mol. The Bertz CT molecular complexity index is 852. The number of rotatable bonds is 6. The van der Waals surface area contributed by atoms with Gasteiger partial charge >= 0.3 is 0 Å². The minimum atomic E-state index is -0.223. The van der Waals surface area contributed by atoms with E-state index in [2.05, 4.69) is 20.6 Å². The van der Waals surface area contributed by atoms with Gasteiger partial charge in [0.05, 0.1) is 0 Å². The summed E-state index contributed by atoms with van der Waals surface area (Å²) in [4.78, 5) is 8.68. The van der Waals surface area contributed by atoms with Gasteiger partial charge < -0.3 is 10.6 Å². The highest BCUT2D eigenvalue weighted by Gasteiger charge is 2.04. The number of nitrogens with one attached hydrogen (secondary N) is 2. The minimum absolute atomic E-state index is 0.223. The molecule has 0 amide bonds. The summed E-state index contributed by atoms with van der Waals surface area (Å²) in [5, 5.41) is 7.08. The molecule has 0 fully saturated rings. The number of aryl methyl sites for hydroxylation is 1. The van der Waals surface area contributed by atoms with Crippen molar-refractivity contribution >= 4 is 29.1 Å². The number of aromatic nitrogens is 2. The molecule has 6 heteroatoms. The first-order valence-electron chi connectivity index (χ1n) is 7.95. The summed E-state index contributed by atoms with van der Waals surface area (Å²) in [5.41, 5.74) is 2.99. The van der Waals surface area contributed by atoms with Crippen molar-refractivity contribution in [1.29, 1.82) is 0 Å². The van der Waals surface area contributed by atoms with Crippen LogP contribution in [0.5, 0.6) is 0 Å². The zero-order valence-electron chi connectivity index (χ0n) is 13.8. The molecule has 0 atom stereocenters. The van der Waals surface area contributed by atoms with Gasteiger partial charge in [0.25, 0.3) is 0 Å². The molecule has 25 heavy (non-hydrogen) atoms. The topological polar surface area (TPSA) is 49.8 Å². The van der Waals surface area contributed by atoms with Crippen molar-refractivity contribution in [2.75, 3.05) is 17.2 Å². The van der Waals surface area contributed by atoms with Crippen LogP contribution >= 0.6 is 11.6 Å². The Labute approximate surface area is 151 Å². The van der Waals surface area contributed by atoms with E-state index < -0.39 is 0 Å². The third kappa shape index (κ3) is 4.90. The lowest BCUT2D eigenvalue weighted by Crippen LogP contribution is -2.08. The number of halogens is 2. The van der Waals surface area contributed by atoms with Gasteiger partial charge in [0.1, 0.15) is 11.6 Å². The second kappa shape index (κ2) is 7.94. The second-order valence-corrected chi connectivity index (χ2v) is 6.09. The van der Waals surface area contributed by atoms with Crippen molar-refractivity contribution < 1.29 is 4.39 Å². The molecule has 0 unspecified atom stereocenters. The number of hydrogen-bond acceptors (Lipinski definition) is 4. The van der Waals surface area contributed by atoms with Crippen LogP contribution in [0, 0.1) is 12.7 Å². The summed E-state index contributed by atoms with van der Waals surface area (Å²) in [6.45, 7) is 2.68. The van der Waals surface area contributed by atoms with Crippen LogP contribution in [0.2, 0.25) is 5.02 Å². The minimum Gasteiger partial charge on any atom is -0.370 e. The maximum absolute atomic E-state index is 12.9. The van der Waals surface area contributed by atoms with Crippen molar-refractivity contribution in [2.24, 2.45) is 0 Å². The standard InChI is InChI=1S/C19H18ClFN4/c1-13-2-5-15(20)12-17(13)24-19-23-11-9-18(25-19)22-10-8-14-3-6-16(21)7-4-14/h2-7,9,11-12H,8,10H2,1H3,(H2,22,23,24,25). The molecule has 128 valence electrons. The molecule has 0 spiro atoms. The van der Waals surface area contributed by atoms with Crippen LogP contribution < -0.4 is 10.6 Å². The van der Waals surface area contributed by atoms with Gasteiger partial charge in [-0.3, -0.25) is 0 Å². The van der Waals surface area contributed by atoms with Crippen LogP contribution in [-0.2, 0) is 6.42 Å². The highest BCUT2D eigenvalue weighted by Crippen LogP contribution is 2.22. The van der Waals surface area contributed by atoms with Crippen LogP contribution in [-0.4, -0.2) is 16.5 Å². The Hall–Kier alpha value is -2.66. The third-order valence-corrected chi connectivity index (χ3v) is 3.97. The Kier molecular flexibility index (Phi) is 5.46. The molecule has 4 nitrogen and oxygen atoms in total. The van der Waals surface area contributed by atoms with Gasteiger partial charge in [-0.1, -0.05) is 29.8 Å². The molecule has 2 N–H and O–H groups in total. The van der Waals surface area contributed by atoms with Gasteiger partial charge in [0, 0.05) is 23.5 Å². The summed E-state index contributed by atoms with van der Waals surface area (Å²) in [7, 11) is 0. The lowest BCUT2D eigenvalue weighted by molar-refractivity contribution is 0.627. The van der Waals surface area contributed by atoms with Crippen molar-refractivity contribution in [3.8, 4) is 0 Å². The Morgan fingerprint density at radius 3 is 2.68 bits per heavy atom. The SMILES string of the molecule is Cc1ccc(Cl)cc1Nc1nccc(NCCc2ccc(F)cc2)n1. The van der Waals surface area contributed by atoms with Crippen molar-refractivity contribution in [3.63, 3.8) is 0 Å². The normalized spacial score (nSPS) is 10.5. The Morgan fingerprint density at radius 2 is 1.88 bits per heavy atom. The summed E-state index contributed by atoms with van der Waals surface area (Å²) in [6.07, 6.45) is 2.47. The zero-order chi connectivity index (χ0) is 17.6. The zero-order valence-corrected chi connectivity index (χ0v) is 14.5. The average Bonchev–Trinajstić information content (AvgIpc) is 2.60. The smallest absolute Gasteiger partial charge is 0.229 e. The van der Waals surface area contributed by atoms with Gasteiger partial charge in [-0.25, -0.2) is 9.37 Å². The monoisotopic (exact) mass is 356 g/mol. The molecule has 1 aromatic heterocycles. The fourth-order valence-corrected chi connectivity index (χ4v) is 2.52. The summed E-state index contributed by atoms with van der Waals surface area (Å²) in [6, 6.07) is 13.9. The number of nitrogens with zero attached hydrogens (tertiary/aromatic N) is 2. The highest BCUT2D eigenvalue weighted by molar-refractivity contribution is 6.30. The molecule has 3 aromatic rings. The van der Waals surface area contributed by atoms with Crippen molar-refractivity contribution in [3.05, 3.63) is 76.7 Å². The van der Waals surface area contributed by atoms with Gasteiger partial charge in [-0.05, 0) is 54.8 Å². The molecule has 0 aliphatic rings. The maximum Gasteiger partial charge on any atom is 0.229 e. The van der Waals surface area contributed by atoms with E-state index in [1.807, 2.05) is 25.1 Å². The van der Waals surface area contributed by atoms with E-state index in [1.165, 1.54) is 12.1 Å². The molecule has 3 rings (SSSR count). The highest BCUT2D eigenvalue weighted by atomic mass is 35.5. The summed E-state index contributed by atoms with van der Waals surface area (Å²) in [5.74, 6) is 0.996. The van der Waals surface area contributed by atoms with Crippen LogP contribution in [0.1, 0.15) is 11.1 Å². The molecule has 0 saturated carbocycles. The molecule has 1 heterocycles. The van der Waals surface area contributed by atoms with Gasteiger partial charge in [-0.2, -0.15) is 4.98 Å². The quantitative estimate of drug-likeness (QED) is 0.654. The molecule has 2 aromatic carbocycles. The molecular formula is C19H18ClFN4. The van der Waals surface area contributed by atoms with Gasteiger partial charge in [0.15, 0.2) is 0 Å². The van der Waals surface area contributed by atoms with Gasteiger partial charge in [0.2, 0.25) is 5.95 Å². The van der Waals surface area contributed by atoms with Crippen molar-refractivity contribution in [2.45, 2.75) is 13.3 Å². The number of hydrogen-bond donors (Lipinski definition) is 2. The summed E-state index contributed by atoms with van der Waals surface area (Å²) < 4.78 is 12.9. The number of anilines is 3. The number of benzene rings is 2. The first-order chi connectivity index (χ1) is 12.1. The van der Waals surface area contributed by atoms with Crippen molar-refractivity contribution in [1.82, 2.24) is 9.97 Å². The third-order valence-electron chi connectivity index (χ3n) is 3.73. The average molecular weight is 357 g/mol. The second-order valence-electron chi connectivity index (χ2n) is 5.65. The van der Waals surface area contributed by atoms with Crippen LogP contribution in [0.3, 0.4) is 0 Å². The van der Waals surface area contributed by atoms with Gasteiger partial charge in [-0.15, -0.1) is 0 Å². The largest absolute Gasteiger partial charge is 0.370 e. The molecule has 0 saturated heterocycles. The van der Waals surface area contributed by atoms with E-state index >= 15 is 0 Å². The summed E-state index contributed by atoms with van der Waals surface area (Å²) >= 11 is 6.03. The lowest BCUT2D eigenvalue weighted by atomic mass is 10.1. The molecule has 0 aliphatic carbocycles. The van der Waals surface area contributed by atoms with E-state index in [-0.39, 0.29) is 5.82 Å². The Morgan fingerprint density at radius 1 is 1.08 bits per heavy atom. The fourth-order valence-electron chi connectivity index (χ4n) is 2.35. The first-order valence-corrected chi connectivity index (χ1v) is 8.32. The first kappa shape index (κ1) is 17.2. The van der Waals surface area contributed by atoms with Crippen LogP contribution in [0.15, 0.2) is 54.7 Å². The predicted molar refractivity (Wildman–Crippen MR) is 100 cm³/mol. The molecule has 0 radical (unpaired) electrons. The Balaban J connectivity index is 1.61. The van der Waals surface area contributed by atoms with E-state index in [0.717, 1.165) is 29.1 Å². The molecule has 0 aliphatic heterocycles.